The first-order valence-electron chi connectivity index (χ1n) is 14.0. The lowest BCUT2D eigenvalue weighted by atomic mass is 9.61. The largest absolute Gasteiger partial charge is 0.485 e. The summed E-state index contributed by atoms with van der Waals surface area (Å²) >= 11 is 0. The number of halogens is 1. The van der Waals surface area contributed by atoms with Gasteiger partial charge < -0.3 is 24.0 Å². The van der Waals surface area contributed by atoms with Gasteiger partial charge in [-0.15, -0.1) is 0 Å². The van der Waals surface area contributed by atoms with Crippen LogP contribution in [0.2, 0.25) is 0 Å². The molecule has 2 aliphatic carbocycles. The van der Waals surface area contributed by atoms with Crippen LogP contribution in [-0.2, 0) is 4.79 Å². The van der Waals surface area contributed by atoms with Crippen LogP contribution in [0.5, 0.6) is 17.5 Å². The van der Waals surface area contributed by atoms with E-state index in [1.165, 1.54) is 0 Å². The van der Waals surface area contributed by atoms with E-state index in [0.29, 0.717) is 50.0 Å². The lowest BCUT2D eigenvalue weighted by molar-refractivity contribution is -0.171. The van der Waals surface area contributed by atoms with Gasteiger partial charge in [0.25, 0.3) is 11.8 Å². The molecule has 9 heteroatoms. The van der Waals surface area contributed by atoms with E-state index >= 15 is 0 Å². The highest BCUT2D eigenvalue weighted by molar-refractivity contribution is 5.86. The summed E-state index contributed by atoms with van der Waals surface area (Å²) in [5, 5.41) is 0. The Hall–Kier alpha value is -2.94. The Kier molecular flexibility index (Phi) is 6.66. The van der Waals surface area contributed by atoms with Gasteiger partial charge in [0.05, 0.1) is 17.9 Å². The second-order valence-corrected chi connectivity index (χ2v) is 11.6. The molecule has 0 N–H and O–H groups in total. The molecule has 0 bridgehead atoms. The Bertz CT molecular complexity index is 1170. The minimum Gasteiger partial charge on any atom is -0.485 e. The molecule has 0 aromatic carbocycles. The van der Waals surface area contributed by atoms with Gasteiger partial charge in [-0.3, -0.25) is 4.79 Å². The second kappa shape index (κ2) is 9.98. The minimum absolute atomic E-state index is 0.0247. The zero-order valence-corrected chi connectivity index (χ0v) is 22.3. The highest BCUT2D eigenvalue weighted by Crippen LogP contribution is 2.51. The SMILES string of the molecule is CCOc1ncccc1-c1ccc(OC2CC3(C2)CN(C(=O)C2(F)CCCC2)C3)c(OC2CCN(C)C2)n1. The predicted molar refractivity (Wildman–Crippen MR) is 140 cm³/mol. The lowest BCUT2D eigenvalue weighted by Gasteiger charge is -2.59. The molecular weight excluding hydrogens is 487 g/mol. The van der Waals surface area contributed by atoms with Crippen molar-refractivity contribution in [3.05, 3.63) is 30.5 Å². The monoisotopic (exact) mass is 524 g/mol. The van der Waals surface area contributed by atoms with Crippen molar-refractivity contribution in [2.45, 2.75) is 69.7 Å². The van der Waals surface area contributed by atoms with Gasteiger partial charge in [0, 0.05) is 37.8 Å². The van der Waals surface area contributed by atoms with Crippen molar-refractivity contribution < 1.29 is 23.4 Å². The van der Waals surface area contributed by atoms with E-state index in [-0.39, 0.29) is 23.5 Å². The topological polar surface area (TPSA) is 77.0 Å². The summed E-state index contributed by atoms with van der Waals surface area (Å²) in [6, 6.07) is 7.66. The van der Waals surface area contributed by atoms with Crippen molar-refractivity contribution in [1.82, 2.24) is 19.8 Å². The van der Waals surface area contributed by atoms with E-state index in [1.807, 2.05) is 31.2 Å². The highest BCUT2D eigenvalue weighted by atomic mass is 19.1. The van der Waals surface area contributed by atoms with Crippen LogP contribution in [0, 0.1) is 5.41 Å². The molecule has 1 unspecified atom stereocenters. The van der Waals surface area contributed by atoms with Crippen molar-refractivity contribution in [3.63, 3.8) is 0 Å². The molecule has 6 rings (SSSR count). The van der Waals surface area contributed by atoms with Crippen molar-refractivity contribution in [2.75, 3.05) is 39.8 Å². The fourth-order valence-electron chi connectivity index (χ4n) is 6.50. The van der Waals surface area contributed by atoms with Crippen LogP contribution in [-0.4, -0.2) is 83.4 Å². The second-order valence-electron chi connectivity index (χ2n) is 11.6. The zero-order chi connectivity index (χ0) is 26.3. The Morgan fingerprint density at radius 1 is 1.11 bits per heavy atom. The van der Waals surface area contributed by atoms with Crippen LogP contribution in [0.25, 0.3) is 11.3 Å². The summed E-state index contributed by atoms with van der Waals surface area (Å²) in [4.78, 5) is 25.9. The first kappa shape index (κ1) is 25.3. The van der Waals surface area contributed by atoms with Gasteiger partial charge in [-0.05, 0) is 83.2 Å². The number of carbonyl (C=O) groups is 1. The average Bonchev–Trinajstić information content (AvgIpc) is 3.49. The van der Waals surface area contributed by atoms with E-state index in [0.717, 1.165) is 56.5 Å². The van der Waals surface area contributed by atoms with Crippen LogP contribution in [0.3, 0.4) is 0 Å². The van der Waals surface area contributed by atoms with Gasteiger partial charge in [-0.25, -0.2) is 14.4 Å². The van der Waals surface area contributed by atoms with E-state index in [9.17, 15) is 9.18 Å². The smallest absolute Gasteiger partial charge is 0.260 e. The Morgan fingerprint density at radius 2 is 1.89 bits per heavy atom. The van der Waals surface area contributed by atoms with Crippen LogP contribution in [0.4, 0.5) is 4.39 Å². The molecule has 2 saturated carbocycles. The molecule has 2 aromatic heterocycles. The van der Waals surface area contributed by atoms with Crippen molar-refractivity contribution in [3.8, 4) is 28.8 Å². The average molecular weight is 525 g/mol. The lowest BCUT2D eigenvalue weighted by Crippen LogP contribution is -2.68. The molecule has 1 atom stereocenters. The summed E-state index contributed by atoms with van der Waals surface area (Å²) in [6.07, 6.45) is 6.76. The first-order valence-corrected chi connectivity index (χ1v) is 14.0. The molecular formula is C29H37FN4O4. The molecule has 2 aromatic rings. The number of aromatic nitrogens is 2. The van der Waals surface area contributed by atoms with Crippen LogP contribution < -0.4 is 14.2 Å². The Labute approximate surface area is 223 Å². The Balaban J connectivity index is 1.14. The number of nitrogens with zero attached hydrogens (tertiary/aromatic N) is 4. The van der Waals surface area contributed by atoms with Gasteiger partial charge in [-0.2, -0.15) is 0 Å². The zero-order valence-electron chi connectivity index (χ0n) is 22.3. The maximum absolute atomic E-state index is 14.9. The summed E-state index contributed by atoms with van der Waals surface area (Å²) in [7, 11) is 2.09. The normalized spacial score (nSPS) is 24.2. The number of hydrogen-bond acceptors (Lipinski definition) is 7. The predicted octanol–water partition coefficient (Wildman–Crippen LogP) is 4.28. The summed E-state index contributed by atoms with van der Waals surface area (Å²) in [5.74, 6) is 1.36. The van der Waals surface area contributed by atoms with E-state index < -0.39 is 5.67 Å². The number of alkyl halides is 1. The fraction of sp³-hybridized carbons (Fsp3) is 0.621. The third kappa shape index (κ3) is 4.81. The van der Waals surface area contributed by atoms with Gasteiger partial charge in [0.1, 0.15) is 12.2 Å². The third-order valence-electron chi connectivity index (χ3n) is 8.51. The summed E-state index contributed by atoms with van der Waals surface area (Å²) in [5.41, 5.74) is -0.0459. The number of ether oxygens (including phenoxy) is 3. The number of hydrogen-bond donors (Lipinski definition) is 0. The third-order valence-corrected chi connectivity index (χ3v) is 8.51. The van der Waals surface area contributed by atoms with E-state index in [4.69, 9.17) is 19.2 Å². The first-order chi connectivity index (χ1) is 18.4. The van der Waals surface area contributed by atoms with E-state index in [2.05, 4.69) is 16.9 Å². The molecule has 4 fully saturated rings. The number of likely N-dealkylation sites (N-methyl/N-ethyl adjacent to an activating group) is 1. The van der Waals surface area contributed by atoms with Crippen LogP contribution in [0.1, 0.15) is 51.9 Å². The fourth-order valence-corrected chi connectivity index (χ4v) is 6.50. The molecule has 0 radical (unpaired) electrons. The number of pyridine rings is 2. The molecule has 1 amide bonds. The van der Waals surface area contributed by atoms with Crippen molar-refractivity contribution >= 4 is 5.91 Å². The molecule has 8 nitrogen and oxygen atoms in total. The van der Waals surface area contributed by atoms with Crippen molar-refractivity contribution in [1.29, 1.82) is 0 Å². The summed E-state index contributed by atoms with van der Waals surface area (Å²) < 4.78 is 33.4. The molecule has 1 spiro atoms. The maximum atomic E-state index is 14.9. The van der Waals surface area contributed by atoms with Crippen molar-refractivity contribution in [2.24, 2.45) is 5.41 Å². The minimum atomic E-state index is -1.63. The summed E-state index contributed by atoms with van der Waals surface area (Å²) in [6.45, 7) is 5.54. The maximum Gasteiger partial charge on any atom is 0.260 e. The molecule has 2 aliphatic heterocycles. The Morgan fingerprint density at radius 3 is 2.61 bits per heavy atom. The van der Waals surface area contributed by atoms with E-state index in [1.54, 1.807) is 11.1 Å². The van der Waals surface area contributed by atoms with Crippen LogP contribution >= 0.6 is 0 Å². The van der Waals surface area contributed by atoms with Crippen LogP contribution in [0.15, 0.2) is 30.5 Å². The number of amides is 1. The standard InChI is InChI=1S/C29H37FN4O4/c1-3-36-25-22(7-6-13-31-25)23-8-9-24(26(32-23)38-20-10-14-33(2)17-20)37-21-15-28(16-21)18-34(19-28)27(35)29(30)11-4-5-12-29/h6-9,13,20-21H,3-5,10-12,14-19H2,1-2H3. The quantitative estimate of drug-likeness (QED) is 0.510. The molecule has 4 aliphatic rings. The number of likely N-dealkylation sites (tertiary alicyclic amines) is 2. The highest BCUT2D eigenvalue weighted by Gasteiger charge is 2.58. The van der Waals surface area contributed by atoms with Gasteiger partial charge in [0.15, 0.2) is 11.4 Å². The molecule has 2 saturated heterocycles. The molecule has 38 heavy (non-hydrogen) atoms. The number of rotatable bonds is 8. The molecule has 4 heterocycles. The van der Waals surface area contributed by atoms with Gasteiger partial charge in [0.2, 0.25) is 5.88 Å². The molecule has 204 valence electrons. The van der Waals surface area contributed by atoms with Gasteiger partial charge >= 0.3 is 0 Å². The van der Waals surface area contributed by atoms with Gasteiger partial charge in [-0.1, -0.05) is 0 Å². The number of carbonyl (C=O) groups excluding carboxylic acids is 1.